The first kappa shape index (κ1) is 16.7. The third-order valence-electron chi connectivity index (χ3n) is 5.30. The Hall–Kier alpha value is -1.73. The van der Waals surface area contributed by atoms with Gasteiger partial charge >= 0.3 is 0 Å². The first-order chi connectivity index (χ1) is 12.2. The number of aromatic nitrogens is 4. The highest BCUT2D eigenvalue weighted by atomic mass is 16.5. The van der Waals surface area contributed by atoms with Crippen LogP contribution in [-0.2, 0) is 24.4 Å². The van der Waals surface area contributed by atoms with Crippen LogP contribution in [0.25, 0.3) is 0 Å². The van der Waals surface area contributed by atoms with Crippen molar-refractivity contribution in [3.63, 3.8) is 0 Å². The zero-order chi connectivity index (χ0) is 17.2. The molecule has 0 spiro atoms. The molecular weight excluding hydrogens is 318 g/mol. The van der Waals surface area contributed by atoms with Crippen molar-refractivity contribution in [3.05, 3.63) is 29.2 Å². The molecule has 7 heteroatoms. The molecule has 136 valence electrons. The van der Waals surface area contributed by atoms with E-state index >= 15 is 0 Å². The molecule has 25 heavy (non-hydrogen) atoms. The average Bonchev–Trinajstić information content (AvgIpc) is 3.28. The van der Waals surface area contributed by atoms with E-state index in [1.807, 2.05) is 6.20 Å². The van der Waals surface area contributed by atoms with Crippen LogP contribution in [-0.4, -0.2) is 44.0 Å². The molecule has 0 unspecified atom stereocenters. The third kappa shape index (κ3) is 3.93. The molecule has 0 amide bonds. The maximum absolute atomic E-state index is 5.99. The molecular formula is C18H27N5O2. The lowest BCUT2D eigenvalue weighted by Crippen LogP contribution is -2.36. The van der Waals surface area contributed by atoms with Gasteiger partial charge in [-0.25, -0.2) is 0 Å². The van der Waals surface area contributed by atoms with Crippen LogP contribution >= 0.6 is 0 Å². The van der Waals surface area contributed by atoms with Crippen LogP contribution in [0, 0.1) is 6.92 Å². The van der Waals surface area contributed by atoms with Gasteiger partial charge in [-0.05, 0) is 39.5 Å². The Morgan fingerprint density at radius 1 is 1.24 bits per heavy atom. The maximum atomic E-state index is 5.99. The molecule has 0 radical (unpaired) electrons. The molecule has 0 bridgehead atoms. The number of aryl methyl sites for hydroxylation is 1. The van der Waals surface area contributed by atoms with Crippen LogP contribution in [0.1, 0.15) is 61.5 Å². The number of hydrogen-bond acceptors (Lipinski definition) is 6. The number of hydrogen-bond donors (Lipinski definition) is 0. The van der Waals surface area contributed by atoms with E-state index in [1.54, 1.807) is 0 Å². The van der Waals surface area contributed by atoms with E-state index in [0.717, 1.165) is 44.8 Å². The van der Waals surface area contributed by atoms with Gasteiger partial charge < -0.3 is 9.26 Å². The summed E-state index contributed by atoms with van der Waals surface area (Å²) in [5.41, 5.74) is 2.61. The van der Waals surface area contributed by atoms with Crippen LogP contribution < -0.4 is 0 Å². The van der Waals surface area contributed by atoms with Crippen molar-refractivity contribution in [2.24, 2.45) is 0 Å². The van der Waals surface area contributed by atoms with Gasteiger partial charge in [0.1, 0.15) is 6.61 Å². The van der Waals surface area contributed by atoms with E-state index in [2.05, 4.69) is 38.7 Å². The SMILES string of the molecule is CCn1ncc(CN2CCC(OCc3nc(C4CC4)no3)CC2)c1C. The van der Waals surface area contributed by atoms with E-state index in [4.69, 9.17) is 9.26 Å². The second-order valence-electron chi connectivity index (χ2n) is 7.18. The average molecular weight is 345 g/mol. The summed E-state index contributed by atoms with van der Waals surface area (Å²) in [5, 5.41) is 8.47. The Balaban J connectivity index is 1.21. The van der Waals surface area contributed by atoms with Gasteiger partial charge in [-0.2, -0.15) is 10.1 Å². The van der Waals surface area contributed by atoms with Crippen LogP contribution in [0.3, 0.4) is 0 Å². The summed E-state index contributed by atoms with van der Waals surface area (Å²) in [7, 11) is 0. The molecule has 1 aliphatic heterocycles. The molecule has 0 N–H and O–H groups in total. The van der Waals surface area contributed by atoms with Gasteiger partial charge in [0, 0.05) is 43.4 Å². The summed E-state index contributed by atoms with van der Waals surface area (Å²) in [4.78, 5) is 6.91. The number of ether oxygens (including phenoxy) is 1. The number of piperidine rings is 1. The zero-order valence-electron chi connectivity index (χ0n) is 15.1. The molecule has 2 aromatic rings. The quantitative estimate of drug-likeness (QED) is 0.768. The molecule has 2 aliphatic rings. The fourth-order valence-corrected chi connectivity index (χ4v) is 3.46. The van der Waals surface area contributed by atoms with Crippen LogP contribution in [0.4, 0.5) is 0 Å². The molecule has 0 atom stereocenters. The smallest absolute Gasteiger partial charge is 0.252 e. The molecule has 2 aromatic heterocycles. The standard InChI is InChI=1S/C18H27N5O2/c1-3-23-13(2)15(10-19-23)11-22-8-6-16(7-9-22)24-12-17-20-18(21-25-17)14-4-5-14/h10,14,16H,3-9,11-12H2,1-2H3. The summed E-state index contributed by atoms with van der Waals surface area (Å²) < 4.78 is 13.3. The molecule has 4 rings (SSSR count). The van der Waals surface area contributed by atoms with Crippen molar-refractivity contribution in [2.45, 2.75) is 71.2 Å². The first-order valence-electron chi connectivity index (χ1n) is 9.40. The van der Waals surface area contributed by atoms with E-state index < -0.39 is 0 Å². The monoisotopic (exact) mass is 345 g/mol. The number of nitrogens with zero attached hydrogens (tertiary/aromatic N) is 5. The zero-order valence-corrected chi connectivity index (χ0v) is 15.1. The molecule has 1 saturated carbocycles. The minimum Gasteiger partial charge on any atom is -0.368 e. The highest BCUT2D eigenvalue weighted by molar-refractivity contribution is 5.16. The van der Waals surface area contributed by atoms with E-state index in [1.165, 1.54) is 24.1 Å². The predicted molar refractivity (Wildman–Crippen MR) is 92.0 cm³/mol. The lowest BCUT2D eigenvalue weighted by Gasteiger charge is -2.31. The Kier molecular flexibility index (Phi) is 4.85. The lowest BCUT2D eigenvalue weighted by atomic mass is 10.1. The Morgan fingerprint density at radius 3 is 2.72 bits per heavy atom. The van der Waals surface area contributed by atoms with Crippen molar-refractivity contribution < 1.29 is 9.26 Å². The molecule has 1 aliphatic carbocycles. The first-order valence-corrected chi connectivity index (χ1v) is 9.40. The molecule has 0 aromatic carbocycles. The number of rotatable bonds is 7. The third-order valence-corrected chi connectivity index (χ3v) is 5.30. The van der Waals surface area contributed by atoms with Gasteiger partial charge in [0.2, 0.25) is 0 Å². The second-order valence-corrected chi connectivity index (χ2v) is 7.18. The molecule has 7 nitrogen and oxygen atoms in total. The van der Waals surface area contributed by atoms with E-state index in [-0.39, 0.29) is 6.10 Å². The fourth-order valence-electron chi connectivity index (χ4n) is 3.46. The van der Waals surface area contributed by atoms with E-state index in [9.17, 15) is 0 Å². The minimum absolute atomic E-state index is 0.284. The van der Waals surface area contributed by atoms with Crippen molar-refractivity contribution in [3.8, 4) is 0 Å². The second kappa shape index (κ2) is 7.25. The molecule has 3 heterocycles. The lowest BCUT2D eigenvalue weighted by molar-refractivity contribution is -0.0137. The maximum Gasteiger partial charge on any atom is 0.252 e. The highest BCUT2D eigenvalue weighted by Gasteiger charge is 2.29. The largest absolute Gasteiger partial charge is 0.368 e. The summed E-state index contributed by atoms with van der Waals surface area (Å²) >= 11 is 0. The fraction of sp³-hybridized carbons (Fsp3) is 0.722. The molecule has 2 fully saturated rings. The normalized spacial score (nSPS) is 19.6. The van der Waals surface area contributed by atoms with Crippen molar-refractivity contribution in [1.82, 2.24) is 24.8 Å². The Labute approximate surface area is 148 Å². The highest BCUT2D eigenvalue weighted by Crippen LogP contribution is 2.38. The van der Waals surface area contributed by atoms with Crippen LogP contribution in [0.15, 0.2) is 10.7 Å². The summed E-state index contributed by atoms with van der Waals surface area (Å²) in [6.45, 7) is 8.74. The Bertz CT molecular complexity index is 698. The van der Waals surface area contributed by atoms with E-state index in [0.29, 0.717) is 18.4 Å². The topological polar surface area (TPSA) is 69.2 Å². The Morgan fingerprint density at radius 2 is 2.04 bits per heavy atom. The van der Waals surface area contributed by atoms with Gasteiger partial charge in [0.15, 0.2) is 5.82 Å². The summed E-state index contributed by atoms with van der Waals surface area (Å²) in [6.07, 6.45) is 6.76. The van der Waals surface area contributed by atoms with Crippen molar-refractivity contribution >= 4 is 0 Å². The van der Waals surface area contributed by atoms with Gasteiger partial charge in [0.05, 0.1) is 12.3 Å². The van der Waals surface area contributed by atoms with Crippen molar-refractivity contribution in [2.75, 3.05) is 13.1 Å². The van der Waals surface area contributed by atoms with Crippen molar-refractivity contribution in [1.29, 1.82) is 0 Å². The molecule has 1 saturated heterocycles. The summed E-state index contributed by atoms with van der Waals surface area (Å²) in [5.74, 6) is 2.00. The van der Waals surface area contributed by atoms with Gasteiger partial charge in [0.25, 0.3) is 5.89 Å². The van der Waals surface area contributed by atoms with Crippen LogP contribution in [0.2, 0.25) is 0 Å². The van der Waals surface area contributed by atoms with Crippen LogP contribution in [0.5, 0.6) is 0 Å². The van der Waals surface area contributed by atoms with Gasteiger partial charge in [-0.3, -0.25) is 9.58 Å². The van der Waals surface area contributed by atoms with Gasteiger partial charge in [-0.15, -0.1) is 0 Å². The summed E-state index contributed by atoms with van der Waals surface area (Å²) in [6, 6.07) is 0. The number of likely N-dealkylation sites (tertiary alicyclic amines) is 1. The van der Waals surface area contributed by atoms with Gasteiger partial charge in [-0.1, -0.05) is 5.16 Å². The predicted octanol–water partition coefficient (Wildman–Crippen LogP) is 2.65. The minimum atomic E-state index is 0.284.